The van der Waals surface area contributed by atoms with E-state index in [-0.39, 0.29) is 35.9 Å². The lowest BCUT2D eigenvalue weighted by Gasteiger charge is -2.18. The molecule has 3 unspecified atom stereocenters. The molecule has 0 bridgehead atoms. The third kappa shape index (κ3) is 3.50. The fourth-order valence-corrected chi connectivity index (χ4v) is 4.75. The smallest absolute Gasteiger partial charge is 0.310 e. The largest absolute Gasteiger partial charge is 0.430 e. The van der Waals surface area contributed by atoms with Crippen LogP contribution in [-0.4, -0.2) is 23.2 Å². The van der Waals surface area contributed by atoms with Crippen LogP contribution in [0, 0.1) is 24.7 Å². The van der Waals surface area contributed by atoms with Gasteiger partial charge in [0, 0.05) is 24.5 Å². The minimum absolute atomic E-state index is 0.0233. The zero-order valence-electron chi connectivity index (χ0n) is 17.1. The van der Waals surface area contributed by atoms with Gasteiger partial charge in [-0.3, -0.25) is 9.59 Å². The highest BCUT2D eigenvalue weighted by Crippen LogP contribution is 2.51. The van der Waals surface area contributed by atoms with Crippen LogP contribution in [0.1, 0.15) is 62.3 Å². The van der Waals surface area contributed by atoms with Crippen LogP contribution in [0.2, 0.25) is 0 Å². The summed E-state index contributed by atoms with van der Waals surface area (Å²) in [7, 11) is 0. The molecular formula is C23H29NO4. The highest BCUT2D eigenvalue weighted by molar-refractivity contribution is 6.26. The first kappa shape index (κ1) is 20.3. The first-order valence-corrected chi connectivity index (χ1v) is 10.2. The Morgan fingerprint density at radius 3 is 2.32 bits per heavy atom. The number of hydrogen-bond donors (Lipinski definition) is 1. The van der Waals surface area contributed by atoms with E-state index in [2.05, 4.69) is 38.1 Å². The Labute approximate surface area is 166 Å². The Balaban J connectivity index is 2.18. The van der Waals surface area contributed by atoms with Crippen LogP contribution in [0.3, 0.4) is 0 Å². The molecule has 1 fully saturated rings. The van der Waals surface area contributed by atoms with E-state index in [1.54, 1.807) is 6.92 Å². The van der Waals surface area contributed by atoms with Gasteiger partial charge in [-0.2, -0.15) is 0 Å². The monoisotopic (exact) mass is 383 g/mol. The Morgan fingerprint density at radius 1 is 1.18 bits per heavy atom. The minimum atomic E-state index is -0.316. The highest BCUT2D eigenvalue weighted by Gasteiger charge is 2.50. The summed E-state index contributed by atoms with van der Waals surface area (Å²) in [6, 6.07) is 4.26. The van der Waals surface area contributed by atoms with E-state index >= 15 is 0 Å². The quantitative estimate of drug-likeness (QED) is 0.340. The van der Waals surface area contributed by atoms with Crippen LogP contribution in [0.5, 0.6) is 0 Å². The Hall–Kier alpha value is -2.43. The van der Waals surface area contributed by atoms with Crippen molar-refractivity contribution in [3.8, 4) is 0 Å². The average Bonchev–Trinajstić information content (AvgIpc) is 3.20. The molecule has 150 valence electrons. The second-order valence-electron chi connectivity index (χ2n) is 7.81. The van der Waals surface area contributed by atoms with E-state index in [4.69, 9.17) is 9.94 Å². The van der Waals surface area contributed by atoms with E-state index in [0.29, 0.717) is 24.2 Å². The molecule has 5 nitrogen and oxygen atoms in total. The summed E-state index contributed by atoms with van der Waals surface area (Å²) in [4.78, 5) is 25.7. The molecule has 1 N–H and O–H groups in total. The minimum Gasteiger partial charge on any atom is -0.430 e. The van der Waals surface area contributed by atoms with Crippen molar-refractivity contribution in [3.63, 3.8) is 0 Å². The van der Waals surface area contributed by atoms with Gasteiger partial charge in [0.1, 0.15) is 5.76 Å². The van der Waals surface area contributed by atoms with E-state index in [1.807, 2.05) is 0 Å². The molecule has 0 amide bonds. The fraction of sp³-hybridized carbons (Fsp3) is 0.522. The van der Waals surface area contributed by atoms with Gasteiger partial charge in [-0.05, 0) is 55.2 Å². The van der Waals surface area contributed by atoms with Gasteiger partial charge in [0.05, 0.1) is 5.57 Å². The summed E-state index contributed by atoms with van der Waals surface area (Å²) < 4.78 is 5.78. The molecule has 3 rings (SSSR count). The van der Waals surface area contributed by atoms with Gasteiger partial charge in [-0.15, -0.1) is 5.16 Å². The first-order valence-electron chi connectivity index (χ1n) is 10.2. The standard InChI is InChI=1S/C23H29NO4/c1-5-15-8-13(4)9-16(6-2)20(15)21-22(26)17-10-14(12-24-27)11-18(17)23(21)28-19(25)7-3/h8-9,12,14,17-18,27H,5-7,10-11H2,1-4H3/b24-12+. The van der Waals surface area contributed by atoms with Crippen LogP contribution in [0.4, 0.5) is 0 Å². The van der Waals surface area contributed by atoms with Crippen molar-refractivity contribution in [3.05, 3.63) is 40.1 Å². The van der Waals surface area contributed by atoms with Crippen molar-refractivity contribution in [2.45, 2.75) is 59.8 Å². The number of carbonyl (C=O) groups is 2. The maximum Gasteiger partial charge on any atom is 0.310 e. The van der Waals surface area contributed by atoms with Crippen LogP contribution < -0.4 is 0 Å². The molecule has 0 heterocycles. The van der Waals surface area contributed by atoms with Gasteiger partial charge in [-0.25, -0.2) is 0 Å². The topological polar surface area (TPSA) is 76.0 Å². The second-order valence-corrected chi connectivity index (χ2v) is 7.81. The van der Waals surface area contributed by atoms with Gasteiger partial charge in [0.15, 0.2) is 5.78 Å². The third-order valence-electron chi connectivity index (χ3n) is 6.01. The van der Waals surface area contributed by atoms with Crippen LogP contribution in [-0.2, 0) is 27.2 Å². The predicted octanol–water partition coefficient (Wildman–Crippen LogP) is 4.47. The number of aryl methyl sites for hydroxylation is 3. The van der Waals surface area contributed by atoms with E-state index in [0.717, 1.165) is 29.5 Å². The summed E-state index contributed by atoms with van der Waals surface area (Å²) in [6.45, 7) is 8.00. The predicted molar refractivity (Wildman–Crippen MR) is 108 cm³/mol. The molecule has 1 aromatic carbocycles. The van der Waals surface area contributed by atoms with Gasteiger partial charge < -0.3 is 9.94 Å². The number of allylic oxidation sites excluding steroid dienone is 2. The van der Waals surface area contributed by atoms with Crippen LogP contribution in [0.15, 0.2) is 23.0 Å². The van der Waals surface area contributed by atoms with Gasteiger partial charge in [0.2, 0.25) is 0 Å². The molecular weight excluding hydrogens is 354 g/mol. The lowest BCUT2D eigenvalue weighted by atomic mass is 9.87. The number of nitrogens with zero attached hydrogens (tertiary/aromatic N) is 1. The maximum atomic E-state index is 13.5. The SMILES string of the molecule is CCC(=O)OC1=C(c2c(CC)cc(C)cc2CC)C(=O)C2CC(/C=N/O)CC12. The summed E-state index contributed by atoms with van der Waals surface area (Å²) >= 11 is 0. The van der Waals surface area contributed by atoms with Crippen LogP contribution in [0.25, 0.3) is 5.57 Å². The van der Waals surface area contributed by atoms with E-state index < -0.39 is 0 Å². The lowest BCUT2D eigenvalue weighted by Crippen LogP contribution is -2.13. The number of hydrogen-bond acceptors (Lipinski definition) is 5. The zero-order chi connectivity index (χ0) is 20.4. The van der Waals surface area contributed by atoms with E-state index in [1.165, 1.54) is 11.8 Å². The van der Waals surface area contributed by atoms with Crippen molar-refractivity contribution in [2.75, 3.05) is 0 Å². The number of Topliss-reactive ketones (excluding diaryl/α,β-unsaturated/α-hetero) is 1. The summed E-state index contributed by atoms with van der Waals surface area (Å²) in [5.74, 6) is -0.0430. The zero-order valence-corrected chi connectivity index (χ0v) is 17.1. The van der Waals surface area contributed by atoms with Crippen LogP contribution >= 0.6 is 0 Å². The first-order chi connectivity index (χ1) is 13.4. The molecule has 1 aromatic rings. The molecule has 0 spiro atoms. The number of esters is 1. The number of benzene rings is 1. The Kier molecular flexibility index (Phi) is 6.01. The molecule has 3 atom stereocenters. The van der Waals surface area contributed by atoms with Gasteiger partial charge in [0.25, 0.3) is 0 Å². The average molecular weight is 383 g/mol. The molecule has 0 aromatic heterocycles. The van der Waals surface area contributed by atoms with Crippen molar-refractivity contribution in [1.82, 2.24) is 0 Å². The number of carbonyl (C=O) groups excluding carboxylic acids is 2. The normalized spacial score (nSPS) is 24.3. The molecule has 28 heavy (non-hydrogen) atoms. The highest BCUT2D eigenvalue weighted by atomic mass is 16.5. The number of ketones is 1. The summed E-state index contributed by atoms with van der Waals surface area (Å²) in [6.07, 6.45) is 4.66. The van der Waals surface area contributed by atoms with Gasteiger partial charge in [-0.1, -0.05) is 38.5 Å². The van der Waals surface area contributed by atoms with Crippen molar-refractivity contribution < 1.29 is 19.5 Å². The maximum absolute atomic E-state index is 13.5. The third-order valence-corrected chi connectivity index (χ3v) is 6.01. The molecule has 5 heteroatoms. The summed E-state index contributed by atoms with van der Waals surface area (Å²) in [5.41, 5.74) is 4.98. The number of oxime groups is 1. The van der Waals surface area contributed by atoms with Crippen molar-refractivity contribution >= 4 is 23.5 Å². The Bertz CT molecular complexity index is 827. The molecule has 0 aliphatic heterocycles. The molecule has 0 radical (unpaired) electrons. The van der Waals surface area contributed by atoms with Gasteiger partial charge >= 0.3 is 5.97 Å². The molecule has 1 saturated carbocycles. The second kappa shape index (κ2) is 8.29. The summed E-state index contributed by atoms with van der Waals surface area (Å²) in [5, 5.41) is 12.0. The van der Waals surface area contributed by atoms with Crippen molar-refractivity contribution in [2.24, 2.45) is 22.9 Å². The molecule has 2 aliphatic carbocycles. The molecule has 0 saturated heterocycles. The number of rotatable bonds is 6. The lowest BCUT2D eigenvalue weighted by molar-refractivity contribution is -0.140. The van der Waals surface area contributed by atoms with E-state index in [9.17, 15) is 9.59 Å². The number of fused-ring (bicyclic) bond motifs is 1. The van der Waals surface area contributed by atoms with Crippen molar-refractivity contribution in [1.29, 1.82) is 0 Å². The number of ether oxygens (including phenoxy) is 1. The Morgan fingerprint density at radius 2 is 1.79 bits per heavy atom. The molecule has 2 aliphatic rings. The fourth-order valence-electron chi connectivity index (χ4n) is 4.75.